The van der Waals surface area contributed by atoms with Crippen molar-refractivity contribution in [3.8, 4) is 5.75 Å². The molecule has 0 unspecified atom stereocenters. The molecule has 2 aliphatic heterocycles. The first-order valence-electron chi connectivity index (χ1n) is 9.29. The molecule has 0 aliphatic carbocycles. The highest BCUT2D eigenvalue weighted by Crippen LogP contribution is 2.32. The van der Waals surface area contributed by atoms with Crippen LogP contribution < -0.4 is 10.1 Å². The topological polar surface area (TPSA) is 50.8 Å². The van der Waals surface area contributed by atoms with Crippen LogP contribution in [0, 0.1) is 5.82 Å². The number of hydrogen-bond donors (Lipinski definition) is 1. The van der Waals surface area contributed by atoms with Crippen molar-refractivity contribution >= 4 is 5.91 Å². The van der Waals surface area contributed by atoms with Gasteiger partial charge >= 0.3 is 0 Å². The number of likely N-dealkylation sites (tertiary alicyclic amines) is 1. The normalized spacial score (nSPS) is 20.6. The summed E-state index contributed by atoms with van der Waals surface area (Å²) >= 11 is 0. The van der Waals surface area contributed by atoms with Gasteiger partial charge in [-0.3, -0.25) is 9.69 Å². The third-order valence-electron chi connectivity index (χ3n) is 5.12. The molecule has 0 bridgehead atoms. The van der Waals surface area contributed by atoms with Gasteiger partial charge in [0, 0.05) is 31.2 Å². The number of piperidine rings is 1. The Hall–Kier alpha value is -2.44. The molecule has 0 aromatic heterocycles. The van der Waals surface area contributed by atoms with Crippen LogP contribution in [0.1, 0.15) is 30.1 Å². The summed E-state index contributed by atoms with van der Waals surface area (Å²) < 4.78 is 24.3. The molecule has 4 rings (SSSR count). The van der Waals surface area contributed by atoms with Gasteiger partial charge in [0.05, 0.1) is 0 Å². The molecule has 142 valence electrons. The number of nitrogens with one attached hydrogen (secondary N) is 1. The zero-order valence-corrected chi connectivity index (χ0v) is 15.1. The average Bonchev–Trinajstić information content (AvgIpc) is 2.69. The number of para-hydroxylation sites is 1. The molecular weight excluding hydrogens is 347 g/mol. The molecule has 2 aromatic rings. The highest BCUT2D eigenvalue weighted by Gasteiger charge is 2.30. The van der Waals surface area contributed by atoms with Gasteiger partial charge in [-0.2, -0.15) is 0 Å². The van der Waals surface area contributed by atoms with E-state index in [4.69, 9.17) is 9.47 Å². The third-order valence-corrected chi connectivity index (χ3v) is 5.12. The molecule has 1 N–H and O–H groups in total. The van der Waals surface area contributed by atoms with Gasteiger partial charge in [-0.15, -0.1) is 0 Å². The van der Waals surface area contributed by atoms with E-state index in [1.54, 1.807) is 12.1 Å². The van der Waals surface area contributed by atoms with Gasteiger partial charge < -0.3 is 14.8 Å². The van der Waals surface area contributed by atoms with Gasteiger partial charge in [0.2, 0.25) is 0 Å². The van der Waals surface area contributed by atoms with Crippen molar-refractivity contribution in [1.82, 2.24) is 10.2 Å². The summed E-state index contributed by atoms with van der Waals surface area (Å²) in [6.45, 7) is 2.55. The predicted molar refractivity (Wildman–Crippen MR) is 98.6 cm³/mol. The molecule has 6 heteroatoms. The number of amides is 1. The van der Waals surface area contributed by atoms with E-state index < -0.39 is 6.10 Å². The Morgan fingerprint density at radius 3 is 2.78 bits per heavy atom. The van der Waals surface area contributed by atoms with Crippen LogP contribution >= 0.6 is 0 Å². The second-order valence-corrected chi connectivity index (χ2v) is 7.04. The second kappa shape index (κ2) is 8.06. The van der Waals surface area contributed by atoms with Crippen molar-refractivity contribution in [1.29, 1.82) is 0 Å². The summed E-state index contributed by atoms with van der Waals surface area (Å²) in [6.07, 6.45) is 1.11. The minimum absolute atomic E-state index is 0.0845. The number of carbonyl (C=O) groups is 1. The first-order valence-corrected chi connectivity index (χ1v) is 9.29. The van der Waals surface area contributed by atoms with E-state index >= 15 is 0 Å². The van der Waals surface area contributed by atoms with Crippen LogP contribution in [0.4, 0.5) is 4.39 Å². The number of rotatable bonds is 4. The molecule has 0 saturated carbocycles. The van der Waals surface area contributed by atoms with Crippen LogP contribution in [0.2, 0.25) is 0 Å². The second-order valence-electron chi connectivity index (χ2n) is 7.04. The summed E-state index contributed by atoms with van der Waals surface area (Å²) in [5.74, 6) is 0.384. The van der Waals surface area contributed by atoms with Gasteiger partial charge in [0.25, 0.3) is 5.91 Å². The molecule has 0 spiro atoms. The van der Waals surface area contributed by atoms with E-state index in [0.717, 1.165) is 43.6 Å². The fraction of sp³-hybridized carbons (Fsp3) is 0.381. The Bertz CT molecular complexity index is 806. The van der Waals surface area contributed by atoms with Crippen LogP contribution in [-0.2, 0) is 16.1 Å². The predicted octanol–water partition coefficient (Wildman–Crippen LogP) is 3.01. The lowest BCUT2D eigenvalue weighted by atomic mass is 10.0. The van der Waals surface area contributed by atoms with Gasteiger partial charge in [-0.05, 0) is 36.6 Å². The molecule has 1 saturated heterocycles. The lowest BCUT2D eigenvalue weighted by Gasteiger charge is -2.33. The fourth-order valence-corrected chi connectivity index (χ4v) is 3.71. The van der Waals surface area contributed by atoms with Crippen molar-refractivity contribution in [3.05, 3.63) is 65.5 Å². The largest absolute Gasteiger partial charge is 0.467 e. The van der Waals surface area contributed by atoms with E-state index in [-0.39, 0.29) is 24.6 Å². The van der Waals surface area contributed by atoms with E-state index in [2.05, 4.69) is 10.2 Å². The number of halogens is 1. The van der Waals surface area contributed by atoms with Gasteiger partial charge in [0.15, 0.2) is 12.9 Å². The Morgan fingerprint density at radius 1 is 1.15 bits per heavy atom. The van der Waals surface area contributed by atoms with E-state index in [1.165, 1.54) is 6.07 Å². The van der Waals surface area contributed by atoms with E-state index in [0.29, 0.717) is 5.75 Å². The summed E-state index contributed by atoms with van der Waals surface area (Å²) in [4.78, 5) is 15.0. The first-order chi connectivity index (χ1) is 13.2. The fourth-order valence-electron chi connectivity index (χ4n) is 3.71. The minimum atomic E-state index is -0.625. The molecule has 1 fully saturated rings. The Balaban J connectivity index is 1.30. The molecular formula is C21H23FN2O3. The maximum absolute atomic E-state index is 13.3. The molecule has 1 amide bonds. The first kappa shape index (κ1) is 17.9. The third kappa shape index (κ3) is 4.28. The monoisotopic (exact) mass is 370 g/mol. The zero-order chi connectivity index (χ0) is 18.6. The summed E-state index contributed by atoms with van der Waals surface area (Å²) in [5.41, 5.74) is 1.74. The maximum Gasteiger partial charge on any atom is 0.254 e. The van der Waals surface area contributed by atoms with Crippen LogP contribution in [-0.4, -0.2) is 36.7 Å². The standard InChI is InChI=1S/C21H23FN2O3/c22-16-5-3-4-15(12-16)13-24-10-8-17(9-11-24)23-21(25)20-18-6-1-2-7-19(18)26-14-27-20/h1-7,12,17,20H,8-11,13-14H2,(H,23,25)/t20-/m1/s1. The number of carbonyl (C=O) groups excluding carboxylic acids is 1. The Morgan fingerprint density at radius 2 is 1.96 bits per heavy atom. The molecule has 5 nitrogen and oxygen atoms in total. The van der Waals surface area contributed by atoms with Gasteiger partial charge in [0.1, 0.15) is 11.6 Å². The molecule has 27 heavy (non-hydrogen) atoms. The highest BCUT2D eigenvalue weighted by molar-refractivity contribution is 5.83. The van der Waals surface area contributed by atoms with Crippen LogP contribution in [0.5, 0.6) is 5.75 Å². The number of fused-ring (bicyclic) bond motifs is 1. The van der Waals surface area contributed by atoms with Crippen molar-refractivity contribution in [3.63, 3.8) is 0 Å². The average molecular weight is 370 g/mol. The molecule has 0 radical (unpaired) electrons. The van der Waals surface area contributed by atoms with Crippen LogP contribution in [0.25, 0.3) is 0 Å². The Kier molecular flexibility index (Phi) is 5.36. The molecule has 1 atom stereocenters. The lowest BCUT2D eigenvalue weighted by molar-refractivity contribution is -0.143. The highest BCUT2D eigenvalue weighted by atomic mass is 19.1. The summed E-state index contributed by atoms with van der Waals surface area (Å²) in [5, 5.41) is 3.12. The molecule has 2 heterocycles. The van der Waals surface area contributed by atoms with Crippen LogP contribution in [0.15, 0.2) is 48.5 Å². The molecule has 2 aromatic carbocycles. The van der Waals surface area contributed by atoms with Crippen molar-refractivity contribution in [2.45, 2.75) is 31.5 Å². The van der Waals surface area contributed by atoms with Crippen molar-refractivity contribution in [2.24, 2.45) is 0 Å². The Labute approximate surface area is 158 Å². The number of ether oxygens (including phenoxy) is 2. The number of hydrogen-bond acceptors (Lipinski definition) is 4. The number of benzene rings is 2. The van der Waals surface area contributed by atoms with Crippen LogP contribution in [0.3, 0.4) is 0 Å². The van der Waals surface area contributed by atoms with E-state index in [1.807, 2.05) is 30.3 Å². The summed E-state index contributed by atoms with van der Waals surface area (Å²) in [6, 6.07) is 14.3. The van der Waals surface area contributed by atoms with Crippen molar-refractivity contribution < 1.29 is 18.7 Å². The molecule has 2 aliphatic rings. The SMILES string of the molecule is O=C(NC1CCN(Cc2cccc(F)c2)CC1)[C@@H]1OCOc2ccccc21. The van der Waals surface area contributed by atoms with E-state index in [9.17, 15) is 9.18 Å². The lowest BCUT2D eigenvalue weighted by Crippen LogP contribution is -2.46. The van der Waals surface area contributed by atoms with Crippen molar-refractivity contribution in [2.75, 3.05) is 19.9 Å². The van der Waals surface area contributed by atoms with Gasteiger partial charge in [-0.25, -0.2) is 4.39 Å². The smallest absolute Gasteiger partial charge is 0.254 e. The minimum Gasteiger partial charge on any atom is -0.467 e. The zero-order valence-electron chi connectivity index (χ0n) is 15.1. The quantitative estimate of drug-likeness (QED) is 0.899. The van der Waals surface area contributed by atoms with Gasteiger partial charge in [-0.1, -0.05) is 30.3 Å². The number of nitrogens with zero attached hydrogens (tertiary/aromatic N) is 1. The summed E-state index contributed by atoms with van der Waals surface area (Å²) in [7, 11) is 0. The maximum atomic E-state index is 13.3.